The Morgan fingerprint density at radius 2 is 1.59 bits per heavy atom. The number of rotatable bonds is 6. The molecule has 5 nitrogen and oxygen atoms in total. The van der Waals surface area contributed by atoms with E-state index in [2.05, 4.69) is 16.8 Å². The number of carbonyl (C=O) groups is 2. The highest BCUT2D eigenvalue weighted by Gasteiger charge is 2.34. The van der Waals surface area contributed by atoms with Gasteiger partial charge in [-0.05, 0) is 48.0 Å². The molecular formula is C33H20F3NO4. The minimum absolute atomic E-state index is 0.00471. The zero-order valence-electron chi connectivity index (χ0n) is 21.3. The first-order valence-electron chi connectivity index (χ1n) is 12.4. The number of carbonyl (C=O) groups excluding carboxylic acids is 1. The summed E-state index contributed by atoms with van der Waals surface area (Å²) in [5.41, 5.74) is 0.932. The van der Waals surface area contributed by atoms with E-state index in [9.17, 15) is 22.8 Å². The third-order valence-electron chi connectivity index (χ3n) is 6.28. The number of carboxylic acid groups (broad SMARTS) is 1. The van der Waals surface area contributed by atoms with Gasteiger partial charge >= 0.3 is 12.1 Å². The van der Waals surface area contributed by atoms with Crippen LogP contribution in [0.15, 0.2) is 103 Å². The highest BCUT2D eigenvalue weighted by molar-refractivity contribution is 6.16. The number of pyridine rings is 1. The molecule has 4 aromatic carbocycles. The number of ether oxygens (including phenoxy) is 1. The minimum atomic E-state index is -4.63. The Labute approximate surface area is 232 Å². The topological polar surface area (TPSA) is 76.5 Å². The lowest BCUT2D eigenvalue weighted by atomic mass is 9.91. The van der Waals surface area contributed by atoms with Crippen molar-refractivity contribution in [1.29, 1.82) is 0 Å². The normalized spacial score (nSPS) is 11.0. The molecular weight excluding hydrogens is 531 g/mol. The molecule has 0 saturated heterocycles. The number of aromatic nitrogens is 1. The van der Waals surface area contributed by atoms with Crippen molar-refractivity contribution in [3.8, 4) is 28.7 Å². The van der Waals surface area contributed by atoms with Gasteiger partial charge in [-0.15, -0.1) is 0 Å². The van der Waals surface area contributed by atoms with Crippen molar-refractivity contribution in [3.63, 3.8) is 0 Å². The first-order valence-corrected chi connectivity index (χ1v) is 12.4. The van der Waals surface area contributed by atoms with Crippen molar-refractivity contribution in [3.05, 3.63) is 131 Å². The van der Waals surface area contributed by atoms with Gasteiger partial charge in [0.2, 0.25) is 0 Å². The van der Waals surface area contributed by atoms with Crippen LogP contribution in [-0.2, 0) is 6.18 Å². The lowest BCUT2D eigenvalue weighted by molar-refractivity contribution is -0.136. The molecule has 0 aliphatic rings. The first-order chi connectivity index (χ1) is 19.7. The molecule has 0 aliphatic carbocycles. The largest absolute Gasteiger partial charge is 0.481 e. The van der Waals surface area contributed by atoms with Gasteiger partial charge in [-0.1, -0.05) is 66.4 Å². The van der Waals surface area contributed by atoms with Crippen LogP contribution < -0.4 is 4.74 Å². The monoisotopic (exact) mass is 551 g/mol. The molecule has 0 radical (unpaired) electrons. The molecule has 1 N–H and O–H groups in total. The number of aromatic carboxylic acids is 1. The zero-order valence-corrected chi connectivity index (χ0v) is 21.3. The number of ketones is 1. The van der Waals surface area contributed by atoms with Crippen LogP contribution in [-0.4, -0.2) is 28.4 Å². The van der Waals surface area contributed by atoms with E-state index in [1.807, 2.05) is 0 Å². The Morgan fingerprint density at radius 3 is 2.29 bits per heavy atom. The average molecular weight is 552 g/mol. The summed E-state index contributed by atoms with van der Waals surface area (Å²) >= 11 is 0. The number of fused-ring (bicyclic) bond motifs is 1. The van der Waals surface area contributed by atoms with Gasteiger partial charge in [0.05, 0.1) is 16.6 Å². The maximum atomic E-state index is 13.8. The van der Waals surface area contributed by atoms with E-state index < -0.39 is 17.7 Å². The molecule has 1 heterocycles. The highest BCUT2D eigenvalue weighted by atomic mass is 19.4. The quantitative estimate of drug-likeness (QED) is 0.177. The van der Waals surface area contributed by atoms with E-state index in [1.165, 1.54) is 30.5 Å². The summed E-state index contributed by atoms with van der Waals surface area (Å²) in [6, 6.07) is 25.0. The van der Waals surface area contributed by atoms with E-state index in [0.29, 0.717) is 28.0 Å². The van der Waals surface area contributed by atoms with Crippen LogP contribution in [0.2, 0.25) is 0 Å². The van der Waals surface area contributed by atoms with Crippen LogP contribution in [0.1, 0.15) is 37.4 Å². The third-order valence-corrected chi connectivity index (χ3v) is 6.28. The fourth-order valence-corrected chi connectivity index (χ4v) is 4.38. The molecule has 0 atom stereocenters. The first kappa shape index (κ1) is 27.2. The number of benzene rings is 4. The fourth-order valence-electron chi connectivity index (χ4n) is 4.38. The maximum Gasteiger partial charge on any atom is 0.418 e. The fraction of sp³-hybridized carbons (Fsp3) is 0.0606. The summed E-state index contributed by atoms with van der Waals surface area (Å²) in [5.74, 6) is 4.73. The number of para-hydroxylation sites is 1. The van der Waals surface area contributed by atoms with Crippen molar-refractivity contribution < 1.29 is 32.6 Å². The molecule has 1 aromatic heterocycles. The van der Waals surface area contributed by atoms with Gasteiger partial charge in [0, 0.05) is 33.8 Å². The van der Waals surface area contributed by atoms with Gasteiger partial charge in [-0.2, -0.15) is 13.2 Å². The van der Waals surface area contributed by atoms with Gasteiger partial charge in [-0.3, -0.25) is 9.78 Å². The summed E-state index contributed by atoms with van der Waals surface area (Å²) < 4.78 is 47.3. The molecule has 5 rings (SSSR count). The molecule has 5 aromatic rings. The van der Waals surface area contributed by atoms with Crippen LogP contribution in [0.25, 0.3) is 22.0 Å². The highest BCUT2D eigenvalue weighted by Crippen LogP contribution is 2.39. The van der Waals surface area contributed by atoms with E-state index in [0.717, 1.165) is 6.07 Å². The predicted octanol–water partition coefficient (Wildman–Crippen LogP) is 7.28. The summed E-state index contributed by atoms with van der Waals surface area (Å²) in [6.07, 6.45) is -3.44. The van der Waals surface area contributed by atoms with Gasteiger partial charge < -0.3 is 9.84 Å². The van der Waals surface area contributed by atoms with Gasteiger partial charge in [0.25, 0.3) is 0 Å². The van der Waals surface area contributed by atoms with E-state index >= 15 is 0 Å². The summed E-state index contributed by atoms with van der Waals surface area (Å²) in [6.45, 7) is -0.00471. The van der Waals surface area contributed by atoms with Crippen LogP contribution in [0.5, 0.6) is 5.75 Å². The number of hydrogen-bond donors (Lipinski definition) is 1. The van der Waals surface area contributed by atoms with Crippen LogP contribution in [0.4, 0.5) is 13.2 Å². The molecule has 41 heavy (non-hydrogen) atoms. The number of nitrogens with zero attached hydrogens (tertiary/aromatic N) is 1. The zero-order chi connectivity index (χ0) is 29.0. The standard InChI is InChI=1S/C33H20F3NO4/c34-33(35,36)28-13-5-12-26-29(27(20-37-30(26)28)31(38)22-8-2-1-3-9-22)24-10-4-11-25(19-24)41-18-6-7-21-14-16-23(17-15-21)32(39)40/h1-5,8-17,19-20H,18H2,(H,39,40). The van der Waals surface area contributed by atoms with Crippen molar-refractivity contribution in [2.75, 3.05) is 6.61 Å². The second-order valence-corrected chi connectivity index (χ2v) is 8.94. The molecule has 202 valence electrons. The smallest absolute Gasteiger partial charge is 0.418 e. The van der Waals surface area contributed by atoms with Crippen molar-refractivity contribution in [1.82, 2.24) is 4.98 Å². The molecule has 0 fully saturated rings. The van der Waals surface area contributed by atoms with E-state index in [-0.39, 0.29) is 34.4 Å². The summed E-state index contributed by atoms with van der Waals surface area (Å²) in [4.78, 5) is 28.6. The van der Waals surface area contributed by atoms with Crippen molar-refractivity contribution in [2.45, 2.75) is 6.18 Å². The molecule has 0 saturated carbocycles. The van der Waals surface area contributed by atoms with Gasteiger partial charge in [0.1, 0.15) is 12.4 Å². The molecule has 0 aliphatic heterocycles. The minimum Gasteiger partial charge on any atom is -0.481 e. The van der Waals surface area contributed by atoms with Crippen molar-refractivity contribution in [2.24, 2.45) is 0 Å². The molecule has 0 amide bonds. The SMILES string of the molecule is O=C(O)c1ccc(C#CCOc2cccc(-c3c(C(=O)c4ccccc4)cnc4c(C(F)(F)F)cccc34)c2)cc1. The Balaban J connectivity index is 1.52. The summed E-state index contributed by atoms with van der Waals surface area (Å²) in [5, 5.41) is 9.19. The number of hydrogen-bond acceptors (Lipinski definition) is 4. The molecule has 0 spiro atoms. The van der Waals surface area contributed by atoms with Crippen molar-refractivity contribution >= 4 is 22.7 Å². The second kappa shape index (κ2) is 11.4. The number of alkyl halides is 3. The predicted molar refractivity (Wildman–Crippen MR) is 148 cm³/mol. The van der Waals surface area contributed by atoms with Crippen LogP contribution in [0, 0.1) is 11.8 Å². The Morgan fingerprint density at radius 1 is 0.854 bits per heavy atom. The molecule has 0 unspecified atom stereocenters. The Bertz CT molecular complexity index is 1820. The third kappa shape index (κ3) is 5.94. The second-order valence-electron chi connectivity index (χ2n) is 8.94. The summed E-state index contributed by atoms with van der Waals surface area (Å²) in [7, 11) is 0. The van der Waals surface area contributed by atoms with Gasteiger partial charge in [0.15, 0.2) is 5.78 Å². The van der Waals surface area contributed by atoms with Crippen LogP contribution >= 0.6 is 0 Å². The lowest BCUT2D eigenvalue weighted by Crippen LogP contribution is -2.09. The molecule has 8 heteroatoms. The van der Waals surface area contributed by atoms with Gasteiger partial charge in [-0.25, -0.2) is 4.79 Å². The lowest BCUT2D eigenvalue weighted by Gasteiger charge is -2.16. The number of carboxylic acids is 1. The number of halogens is 3. The Kier molecular flexibility index (Phi) is 7.53. The Hall–Kier alpha value is -5.42. The van der Waals surface area contributed by atoms with E-state index in [1.54, 1.807) is 66.7 Å². The molecule has 0 bridgehead atoms. The maximum absolute atomic E-state index is 13.8. The van der Waals surface area contributed by atoms with Crippen LogP contribution in [0.3, 0.4) is 0 Å². The van der Waals surface area contributed by atoms with E-state index in [4.69, 9.17) is 9.84 Å². The average Bonchev–Trinajstić information content (AvgIpc) is 2.98.